The number of hydrogen-bond donors (Lipinski definition) is 1. The molecule has 3 nitrogen and oxygen atoms in total. The number of hydrogen-bond acceptors (Lipinski definition) is 3. The number of aromatic nitrogens is 2. The quantitative estimate of drug-likeness (QED) is 0.796. The Balaban J connectivity index is 2.19. The summed E-state index contributed by atoms with van der Waals surface area (Å²) in [5.41, 5.74) is 2.46. The highest BCUT2D eigenvalue weighted by Gasteiger charge is 2.36. The van der Waals surface area contributed by atoms with Crippen LogP contribution < -0.4 is 5.32 Å². The highest BCUT2D eigenvalue weighted by Crippen LogP contribution is 2.46. The lowest BCUT2D eigenvalue weighted by atomic mass is 10.1. The molecule has 76 valence electrons. The van der Waals surface area contributed by atoms with E-state index in [0.29, 0.717) is 5.92 Å². The van der Waals surface area contributed by atoms with E-state index < -0.39 is 0 Å². The summed E-state index contributed by atoms with van der Waals surface area (Å²) < 4.78 is 0. The van der Waals surface area contributed by atoms with Gasteiger partial charge in [0.1, 0.15) is 5.82 Å². The van der Waals surface area contributed by atoms with Gasteiger partial charge in [-0.15, -0.1) is 5.10 Å². The number of rotatable bonds is 3. The second-order valence-electron chi connectivity index (χ2n) is 4.15. The van der Waals surface area contributed by atoms with E-state index in [4.69, 9.17) is 0 Å². The molecule has 1 aromatic rings. The lowest BCUT2D eigenvalue weighted by molar-refractivity contribution is 0.833. The van der Waals surface area contributed by atoms with Gasteiger partial charge in [0.15, 0.2) is 0 Å². The first-order valence-electron chi connectivity index (χ1n) is 5.30. The van der Waals surface area contributed by atoms with Gasteiger partial charge >= 0.3 is 0 Å². The fraction of sp³-hybridized carbons (Fsp3) is 0.636. The Labute approximate surface area is 84.9 Å². The highest BCUT2D eigenvalue weighted by atomic mass is 15.2. The lowest BCUT2D eigenvalue weighted by Gasteiger charge is -2.06. The van der Waals surface area contributed by atoms with Crippen LogP contribution in [0.25, 0.3) is 0 Å². The van der Waals surface area contributed by atoms with Crippen molar-refractivity contribution >= 4 is 5.82 Å². The molecule has 1 aliphatic rings. The topological polar surface area (TPSA) is 37.8 Å². The van der Waals surface area contributed by atoms with E-state index in [0.717, 1.165) is 18.3 Å². The van der Waals surface area contributed by atoms with Crippen LogP contribution in [0.4, 0.5) is 5.82 Å². The zero-order valence-electron chi connectivity index (χ0n) is 9.04. The van der Waals surface area contributed by atoms with Gasteiger partial charge in [-0.3, -0.25) is 0 Å². The summed E-state index contributed by atoms with van der Waals surface area (Å²) in [6.45, 7) is 7.35. The van der Waals surface area contributed by atoms with Crippen LogP contribution in [0.15, 0.2) is 6.07 Å². The summed E-state index contributed by atoms with van der Waals surface area (Å²) >= 11 is 0. The Morgan fingerprint density at radius 2 is 2.21 bits per heavy atom. The van der Waals surface area contributed by atoms with E-state index in [1.165, 1.54) is 17.7 Å². The first-order valence-corrected chi connectivity index (χ1v) is 5.30. The number of nitrogens with one attached hydrogen (secondary N) is 1. The average molecular weight is 191 g/mol. The Morgan fingerprint density at radius 1 is 1.50 bits per heavy atom. The molecule has 2 rings (SSSR count). The molecule has 1 aliphatic carbocycles. The van der Waals surface area contributed by atoms with E-state index in [1.54, 1.807) is 0 Å². The van der Waals surface area contributed by atoms with Gasteiger partial charge < -0.3 is 5.32 Å². The van der Waals surface area contributed by atoms with Gasteiger partial charge in [-0.2, -0.15) is 5.10 Å². The van der Waals surface area contributed by atoms with Crippen LogP contribution in [-0.2, 0) is 0 Å². The lowest BCUT2D eigenvalue weighted by Crippen LogP contribution is -2.03. The Kier molecular flexibility index (Phi) is 2.40. The largest absolute Gasteiger partial charge is 0.369 e. The maximum atomic E-state index is 4.30. The van der Waals surface area contributed by atoms with E-state index >= 15 is 0 Å². The maximum Gasteiger partial charge on any atom is 0.148 e. The van der Waals surface area contributed by atoms with E-state index in [2.05, 4.69) is 42.4 Å². The normalized spacial score (nSPS) is 24.8. The summed E-state index contributed by atoms with van der Waals surface area (Å²) in [5.74, 6) is 2.35. The van der Waals surface area contributed by atoms with Crippen molar-refractivity contribution in [3.63, 3.8) is 0 Å². The third-order valence-electron chi connectivity index (χ3n) is 2.84. The SMILES string of the molecule is CCNc1cc(C)c(C2CC2C)nn1. The van der Waals surface area contributed by atoms with E-state index in [1.807, 2.05) is 0 Å². The van der Waals surface area contributed by atoms with Crippen molar-refractivity contribution in [3.8, 4) is 0 Å². The fourth-order valence-electron chi connectivity index (χ4n) is 1.83. The molecule has 14 heavy (non-hydrogen) atoms. The van der Waals surface area contributed by atoms with Crippen molar-refractivity contribution in [1.82, 2.24) is 10.2 Å². The summed E-state index contributed by atoms with van der Waals surface area (Å²) in [6.07, 6.45) is 1.27. The van der Waals surface area contributed by atoms with Gasteiger partial charge in [0, 0.05) is 12.5 Å². The zero-order chi connectivity index (χ0) is 10.1. The molecule has 1 fully saturated rings. The third-order valence-corrected chi connectivity index (χ3v) is 2.84. The van der Waals surface area contributed by atoms with Crippen LogP contribution in [0.5, 0.6) is 0 Å². The van der Waals surface area contributed by atoms with Crippen LogP contribution >= 0.6 is 0 Å². The molecule has 0 spiro atoms. The summed E-state index contributed by atoms with van der Waals surface area (Å²) in [5, 5.41) is 11.6. The Hall–Kier alpha value is -1.12. The fourth-order valence-corrected chi connectivity index (χ4v) is 1.83. The molecule has 2 atom stereocenters. The maximum absolute atomic E-state index is 4.30. The average Bonchev–Trinajstić information content (AvgIpc) is 2.83. The van der Waals surface area contributed by atoms with E-state index in [-0.39, 0.29) is 0 Å². The van der Waals surface area contributed by atoms with Crippen molar-refractivity contribution in [2.75, 3.05) is 11.9 Å². The molecule has 0 bridgehead atoms. The first kappa shape index (κ1) is 9.44. The highest BCUT2D eigenvalue weighted by molar-refractivity contribution is 5.39. The van der Waals surface area contributed by atoms with Crippen molar-refractivity contribution in [2.24, 2.45) is 5.92 Å². The summed E-state index contributed by atoms with van der Waals surface area (Å²) in [7, 11) is 0. The third kappa shape index (κ3) is 1.72. The molecule has 1 heterocycles. The van der Waals surface area contributed by atoms with Crippen molar-refractivity contribution in [3.05, 3.63) is 17.3 Å². The van der Waals surface area contributed by atoms with Gasteiger partial charge in [-0.05, 0) is 37.8 Å². The van der Waals surface area contributed by atoms with Crippen LogP contribution in [-0.4, -0.2) is 16.7 Å². The number of aryl methyl sites for hydroxylation is 1. The molecule has 0 radical (unpaired) electrons. The minimum absolute atomic E-state index is 0.665. The molecule has 0 aromatic carbocycles. The van der Waals surface area contributed by atoms with Crippen LogP contribution in [0, 0.1) is 12.8 Å². The van der Waals surface area contributed by atoms with Crippen LogP contribution in [0.2, 0.25) is 0 Å². The Morgan fingerprint density at radius 3 is 2.71 bits per heavy atom. The molecule has 1 N–H and O–H groups in total. The van der Waals surface area contributed by atoms with Crippen molar-refractivity contribution in [2.45, 2.75) is 33.1 Å². The molecular formula is C11H17N3. The molecular weight excluding hydrogens is 174 g/mol. The first-order chi connectivity index (χ1) is 6.72. The van der Waals surface area contributed by atoms with Gasteiger partial charge in [0.2, 0.25) is 0 Å². The minimum atomic E-state index is 0.665. The Bertz CT molecular complexity index is 335. The smallest absolute Gasteiger partial charge is 0.148 e. The summed E-state index contributed by atoms with van der Waals surface area (Å²) in [6, 6.07) is 2.09. The van der Waals surface area contributed by atoms with E-state index in [9.17, 15) is 0 Å². The zero-order valence-corrected chi connectivity index (χ0v) is 9.04. The second kappa shape index (κ2) is 3.56. The predicted molar refractivity (Wildman–Crippen MR) is 57.5 cm³/mol. The van der Waals surface area contributed by atoms with Gasteiger partial charge in [-0.25, -0.2) is 0 Å². The second-order valence-corrected chi connectivity index (χ2v) is 4.15. The van der Waals surface area contributed by atoms with Gasteiger partial charge in [-0.1, -0.05) is 6.92 Å². The monoisotopic (exact) mass is 191 g/mol. The van der Waals surface area contributed by atoms with Gasteiger partial charge in [0.05, 0.1) is 5.69 Å². The van der Waals surface area contributed by atoms with Crippen molar-refractivity contribution in [1.29, 1.82) is 0 Å². The molecule has 0 amide bonds. The molecule has 1 saturated carbocycles. The molecule has 0 saturated heterocycles. The predicted octanol–water partition coefficient (Wildman–Crippen LogP) is 2.34. The van der Waals surface area contributed by atoms with Crippen LogP contribution in [0.3, 0.4) is 0 Å². The molecule has 0 aliphatic heterocycles. The molecule has 1 aromatic heterocycles. The summed E-state index contributed by atoms with van der Waals surface area (Å²) in [4.78, 5) is 0. The standard InChI is InChI=1S/C11H17N3/c1-4-12-10-6-8(3)11(14-13-10)9-5-7(9)2/h6-7,9H,4-5H2,1-3H3,(H,12,13). The molecule has 2 unspecified atom stereocenters. The molecule has 3 heteroatoms. The number of nitrogens with zero attached hydrogens (tertiary/aromatic N) is 2. The van der Waals surface area contributed by atoms with Crippen molar-refractivity contribution < 1.29 is 0 Å². The minimum Gasteiger partial charge on any atom is -0.369 e. The van der Waals surface area contributed by atoms with Crippen LogP contribution in [0.1, 0.15) is 37.4 Å². The van der Waals surface area contributed by atoms with Gasteiger partial charge in [0.25, 0.3) is 0 Å². The number of anilines is 1.